The van der Waals surface area contributed by atoms with Crippen molar-refractivity contribution in [2.45, 2.75) is 26.4 Å². The molecule has 0 aliphatic carbocycles. The van der Waals surface area contributed by atoms with Crippen LogP contribution in [-0.2, 0) is 24.9 Å². The average molecular weight is 497 g/mol. The number of hydrogen-bond acceptors (Lipinski definition) is 2. The van der Waals surface area contributed by atoms with Gasteiger partial charge in [-0.05, 0) is 24.6 Å². The predicted octanol–water partition coefficient (Wildman–Crippen LogP) is 3.09. The topological polar surface area (TPSA) is 52.9 Å². The van der Waals surface area contributed by atoms with E-state index in [4.69, 9.17) is 0 Å². The molecule has 0 fully saturated rings. The summed E-state index contributed by atoms with van der Waals surface area (Å²) in [6, 6.07) is 14.2. The zero-order chi connectivity index (χ0) is 19.6. The fourth-order valence-electron chi connectivity index (χ4n) is 2.84. The van der Waals surface area contributed by atoms with E-state index in [0.29, 0.717) is 19.5 Å². The second-order valence-corrected chi connectivity index (χ2v) is 6.69. The molecule has 0 spiro atoms. The van der Waals surface area contributed by atoms with E-state index in [1.165, 1.54) is 5.69 Å². The summed E-state index contributed by atoms with van der Waals surface area (Å²) in [7, 11) is 5.89. The maximum atomic E-state index is 12.4. The summed E-state index contributed by atoms with van der Waals surface area (Å²) in [4.78, 5) is 20.8. The summed E-state index contributed by atoms with van der Waals surface area (Å²) < 4.78 is 2.10. The molecule has 1 aromatic heterocycles. The molecule has 1 N–H and O–H groups in total. The largest absolute Gasteiger partial charge is 0.357 e. The van der Waals surface area contributed by atoms with Crippen molar-refractivity contribution in [2.75, 3.05) is 27.2 Å². The van der Waals surface area contributed by atoms with Gasteiger partial charge in [0.15, 0.2) is 5.96 Å². The first-order valence-electron chi connectivity index (χ1n) is 9.38. The number of aryl methyl sites for hydroxylation is 1. The Bertz CT molecular complexity index is 744. The van der Waals surface area contributed by atoms with Gasteiger partial charge in [0.1, 0.15) is 0 Å². The summed E-state index contributed by atoms with van der Waals surface area (Å²) in [5.74, 6) is 0.917. The lowest BCUT2D eigenvalue weighted by atomic mass is 10.2. The van der Waals surface area contributed by atoms with Gasteiger partial charge in [-0.25, -0.2) is 0 Å². The summed E-state index contributed by atoms with van der Waals surface area (Å²) >= 11 is 0. The van der Waals surface area contributed by atoms with E-state index in [1.54, 1.807) is 4.90 Å². The fourth-order valence-corrected chi connectivity index (χ4v) is 2.84. The minimum absolute atomic E-state index is 0. The first-order chi connectivity index (χ1) is 13.0. The van der Waals surface area contributed by atoms with E-state index in [-0.39, 0.29) is 29.9 Å². The van der Waals surface area contributed by atoms with Gasteiger partial charge in [0.05, 0.1) is 13.1 Å². The molecule has 1 aromatic carbocycles. The normalized spacial score (nSPS) is 10.9. The van der Waals surface area contributed by atoms with Gasteiger partial charge in [-0.3, -0.25) is 9.79 Å². The van der Waals surface area contributed by atoms with Crippen LogP contribution in [0.25, 0.3) is 0 Å². The van der Waals surface area contributed by atoms with Crippen LogP contribution in [-0.4, -0.2) is 53.4 Å². The number of rotatable bonds is 8. The minimum Gasteiger partial charge on any atom is -0.357 e. The quantitative estimate of drug-likeness (QED) is 0.347. The number of guanidine groups is 1. The molecule has 1 heterocycles. The van der Waals surface area contributed by atoms with Gasteiger partial charge in [0, 0.05) is 52.5 Å². The van der Waals surface area contributed by atoms with E-state index in [0.717, 1.165) is 24.6 Å². The molecule has 0 saturated heterocycles. The lowest BCUT2D eigenvalue weighted by Crippen LogP contribution is -2.39. The number of carbonyl (C=O) groups excluding carboxylic acids is 1. The van der Waals surface area contributed by atoms with Crippen molar-refractivity contribution < 1.29 is 4.79 Å². The van der Waals surface area contributed by atoms with Crippen molar-refractivity contribution in [3.05, 3.63) is 59.9 Å². The van der Waals surface area contributed by atoms with Crippen molar-refractivity contribution in [1.29, 1.82) is 0 Å². The van der Waals surface area contributed by atoms with Gasteiger partial charge < -0.3 is 19.7 Å². The van der Waals surface area contributed by atoms with E-state index < -0.39 is 0 Å². The van der Waals surface area contributed by atoms with Crippen LogP contribution >= 0.6 is 24.0 Å². The van der Waals surface area contributed by atoms with Gasteiger partial charge in [-0.15, -0.1) is 24.0 Å². The Morgan fingerprint density at radius 2 is 1.79 bits per heavy atom. The third-order valence-corrected chi connectivity index (χ3v) is 4.42. The zero-order valence-electron chi connectivity index (χ0n) is 17.3. The Balaban J connectivity index is 0.00000392. The van der Waals surface area contributed by atoms with Crippen LogP contribution in [0.1, 0.15) is 24.6 Å². The Morgan fingerprint density at radius 1 is 1.07 bits per heavy atom. The Hall–Kier alpha value is -2.03. The standard InChI is InChI=1S/C21H31N5O.HI/c1-5-22-21(26(4)17-19-12-9-15-24(19)2)23-14-13-20(27)25(3)16-18-10-7-6-8-11-18;/h6-12,15H,5,13-14,16-17H2,1-4H3,(H,22,23);1H. The van der Waals surface area contributed by atoms with Gasteiger partial charge in [-0.1, -0.05) is 30.3 Å². The first-order valence-corrected chi connectivity index (χ1v) is 9.38. The molecule has 0 atom stereocenters. The van der Waals surface area contributed by atoms with Crippen LogP contribution in [0.15, 0.2) is 53.7 Å². The number of amides is 1. The van der Waals surface area contributed by atoms with E-state index >= 15 is 0 Å². The van der Waals surface area contributed by atoms with Crippen LogP contribution in [0, 0.1) is 0 Å². The Morgan fingerprint density at radius 3 is 2.39 bits per heavy atom. The van der Waals surface area contributed by atoms with Gasteiger partial charge in [0.2, 0.25) is 5.91 Å². The van der Waals surface area contributed by atoms with Crippen LogP contribution in [0.3, 0.4) is 0 Å². The molecule has 28 heavy (non-hydrogen) atoms. The third kappa shape index (κ3) is 7.53. The maximum absolute atomic E-state index is 12.4. The summed E-state index contributed by atoms with van der Waals surface area (Å²) in [5.41, 5.74) is 2.34. The molecule has 2 rings (SSSR count). The molecule has 7 heteroatoms. The highest BCUT2D eigenvalue weighted by Crippen LogP contribution is 2.06. The smallest absolute Gasteiger partial charge is 0.224 e. The first kappa shape index (κ1) is 24.0. The Labute approximate surface area is 185 Å². The molecule has 2 aromatic rings. The fraction of sp³-hybridized carbons (Fsp3) is 0.429. The monoisotopic (exact) mass is 497 g/mol. The SMILES string of the molecule is CCNC(=NCCC(=O)N(C)Cc1ccccc1)N(C)Cc1cccn1C.I. The van der Waals surface area contributed by atoms with Crippen molar-refractivity contribution >= 4 is 35.8 Å². The van der Waals surface area contributed by atoms with Crippen molar-refractivity contribution in [2.24, 2.45) is 12.0 Å². The summed E-state index contributed by atoms with van der Waals surface area (Å²) in [5, 5.41) is 3.30. The number of carbonyl (C=O) groups is 1. The van der Waals surface area contributed by atoms with E-state index in [2.05, 4.69) is 25.8 Å². The summed E-state index contributed by atoms with van der Waals surface area (Å²) in [6.45, 7) is 4.69. The van der Waals surface area contributed by atoms with Crippen LogP contribution < -0.4 is 5.32 Å². The lowest BCUT2D eigenvalue weighted by Gasteiger charge is -2.22. The highest BCUT2D eigenvalue weighted by molar-refractivity contribution is 14.0. The molecule has 0 unspecified atom stereocenters. The average Bonchev–Trinajstić information content (AvgIpc) is 3.06. The molecule has 0 aliphatic heterocycles. The van der Waals surface area contributed by atoms with E-state index in [1.807, 2.05) is 70.7 Å². The third-order valence-electron chi connectivity index (χ3n) is 4.42. The number of hydrogen-bond donors (Lipinski definition) is 1. The Kier molecular flexibility index (Phi) is 10.7. The molecule has 154 valence electrons. The van der Waals surface area contributed by atoms with E-state index in [9.17, 15) is 4.79 Å². The maximum Gasteiger partial charge on any atom is 0.224 e. The molecule has 0 aliphatic rings. The summed E-state index contributed by atoms with van der Waals surface area (Å²) in [6.07, 6.45) is 2.44. The van der Waals surface area contributed by atoms with Gasteiger partial charge in [-0.2, -0.15) is 0 Å². The van der Waals surface area contributed by atoms with Crippen LogP contribution in [0.2, 0.25) is 0 Å². The predicted molar refractivity (Wildman–Crippen MR) is 126 cm³/mol. The number of benzene rings is 1. The zero-order valence-corrected chi connectivity index (χ0v) is 19.6. The molecule has 1 amide bonds. The molecule has 0 radical (unpaired) electrons. The van der Waals surface area contributed by atoms with Crippen LogP contribution in [0.5, 0.6) is 0 Å². The van der Waals surface area contributed by atoms with Crippen molar-refractivity contribution in [3.8, 4) is 0 Å². The second kappa shape index (κ2) is 12.4. The number of nitrogens with one attached hydrogen (secondary N) is 1. The molecule has 6 nitrogen and oxygen atoms in total. The number of nitrogens with zero attached hydrogens (tertiary/aromatic N) is 4. The molecular formula is C21H32IN5O. The number of halogens is 1. The minimum atomic E-state index is 0. The van der Waals surface area contributed by atoms with Crippen LogP contribution in [0.4, 0.5) is 0 Å². The van der Waals surface area contributed by atoms with Gasteiger partial charge in [0.25, 0.3) is 0 Å². The van der Waals surface area contributed by atoms with Crippen molar-refractivity contribution in [1.82, 2.24) is 19.7 Å². The number of aromatic nitrogens is 1. The lowest BCUT2D eigenvalue weighted by molar-refractivity contribution is -0.130. The highest BCUT2D eigenvalue weighted by Gasteiger charge is 2.11. The van der Waals surface area contributed by atoms with Crippen molar-refractivity contribution in [3.63, 3.8) is 0 Å². The second-order valence-electron chi connectivity index (χ2n) is 6.69. The molecule has 0 bridgehead atoms. The van der Waals surface area contributed by atoms with Gasteiger partial charge >= 0.3 is 0 Å². The molecular weight excluding hydrogens is 465 g/mol. The highest BCUT2D eigenvalue weighted by atomic mass is 127. The number of aliphatic imine (C=N–C) groups is 1. The molecule has 0 saturated carbocycles.